The fraction of sp³-hybridized carbons (Fsp3) is 0.688. The summed E-state index contributed by atoms with van der Waals surface area (Å²) in [5.74, 6) is 1.25. The van der Waals surface area contributed by atoms with Gasteiger partial charge in [0.15, 0.2) is 0 Å². The minimum absolute atomic E-state index is 0.350. The SMILES string of the molecule is CC(C)(C)C1CCC(O)(Cc2ccnc(N)c2)CC1. The summed E-state index contributed by atoms with van der Waals surface area (Å²) < 4.78 is 0. The largest absolute Gasteiger partial charge is 0.390 e. The summed E-state index contributed by atoms with van der Waals surface area (Å²) in [7, 11) is 0. The average molecular weight is 262 g/mol. The summed E-state index contributed by atoms with van der Waals surface area (Å²) in [5, 5.41) is 10.7. The number of rotatable bonds is 2. The van der Waals surface area contributed by atoms with Crippen LogP contribution in [-0.2, 0) is 6.42 Å². The van der Waals surface area contributed by atoms with Crippen molar-refractivity contribution in [2.45, 2.75) is 58.5 Å². The Hall–Kier alpha value is -1.09. The topological polar surface area (TPSA) is 59.1 Å². The van der Waals surface area contributed by atoms with Gasteiger partial charge < -0.3 is 10.8 Å². The molecule has 1 saturated carbocycles. The van der Waals surface area contributed by atoms with Crippen molar-refractivity contribution in [1.29, 1.82) is 0 Å². The highest BCUT2D eigenvalue weighted by molar-refractivity contribution is 5.32. The summed E-state index contributed by atoms with van der Waals surface area (Å²) in [5.41, 5.74) is 6.57. The Kier molecular flexibility index (Phi) is 3.86. The van der Waals surface area contributed by atoms with Crippen LogP contribution in [0, 0.1) is 11.3 Å². The third-order valence-electron chi connectivity index (χ3n) is 4.52. The van der Waals surface area contributed by atoms with E-state index in [0.29, 0.717) is 17.7 Å². The summed E-state index contributed by atoms with van der Waals surface area (Å²) in [6, 6.07) is 3.82. The highest BCUT2D eigenvalue weighted by atomic mass is 16.3. The van der Waals surface area contributed by atoms with Crippen molar-refractivity contribution in [1.82, 2.24) is 4.98 Å². The Morgan fingerprint density at radius 1 is 1.37 bits per heavy atom. The Morgan fingerprint density at radius 3 is 2.53 bits per heavy atom. The standard InChI is InChI=1S/C16H26N2O/c1-15(2,3)13-4-7-16(19,8-5-13)11-12-6-9-18-14(17)10-12/h6,9-10,13,19H,4-5,7-8,11H2,1-3H3,(H2,17,18). The van der Waals surface area contributed by atoms with Crippen LogP contribution in [0.25, 0.3) is 0 Å². The predicted molar refractivity (Wildman–Crippen MR) is 78.7 cm³/mol. The van der Waals surface area contributed by atoms with Gasteiger partial charge in [0.05, 0.1) is 5.60 Å². The molecule has 1 aromatic rings. The van der Waals surface area contributed by atoms with E-state index in [1.54, 1.807) is 6.20 Å². The van der Waals surface area contributed by atoms with E-state index < -0.39 is 5.60 Å². The van der Waals surface area contributed by atoms with Crippen molar-refractivity contribution in [2.24, 2.45) is 11.3 Å². The van der Waals surface area contributed by atoms with Gasteiger partial charge >= 0.3 is 0 Å². The fourth-order valence-corrected chi connectivity index (χ4v) is 3.18. The lowest BCUT2D eigenvalue weighted by molar-refractivity contribution is -0.0245. The van der Waals surface area contributed by atoms with Gasteiger partial charge in [-0.25, -0.2) is 4.98 Å². The summed E-state index contributed by atoms with van der Waals surface area (Å²) in [6.45, 7) is 6.89. The number of nitrogens with zero attached hydrogens (tertiary/aromatic N) is 1. The average Bonchev–Trinajstić information content (AvgIpc) is 2.27. The number of pyridine rings is 1. The molecule has 1 fully saturated rings. The van der Waals surface area contributed by atoms with Gasteiger partial charge in [0.1, 0.15) is 5.82 Å². The van der Waals surface area contributed by atoms with Crippen molar-refractivity contribution < 1.29 is 5.11 Å². The molecule has 19 heavy (non-hydrogen) atoms. The van der Waals surface area contributed by atoms with Crippen molar-refractivity contribution in [3.63, 3.8) is 0 Å². The quantitative estimate of drug-likeness (QED) is 0.860. The molecular formula is C16H26N2O. The molecule has 0 atom stereocenters. The molecule has 0 amide bonds. The number of aromatic nitrogens is 1. The van der Waals surface area contributed by atoms with Crippen molar-refractivity contribution >= 4 is 5.82 Å². The number of anilines is 1. The molecule has 3 heteroatoms. The molecular weight excluding hydrogens is 236 g/mol. The third-order valence-corrected chi connectivity index (χ3v) is 4.52. The summed E-state index contributed by atoms with van der Waals surface area (Å²) in [6.07, 6.45) is 6.40. The van der Waals surface area contributed by atoms with Gasteiger partial charge in [-0.3, -0.25) is 0 Å². The molecule has 3 N–H and O–H groups in total. The van der Waals surface area contributed by atoms with Crippen LogP contribution in [0.3, 0.4) is 0 Å². The van der Waals surface area contributed by atoms with E-state index in [2.05, 4.69) is 25.8 Å². The predicted octanol–water partition coefficient (Wildman–Crippen LogP) is 3.17. The Balaban J connectivity index is 1.99. The maximum Gasteiger partial charge on any atom is 0.123 e. The van der Waals surface area contributed by atoms with Crippen LogP contribution in [0.2, 0.25) is 0 Å². The number of nitrogens with two attached hydrogens (primary N) is 1. The van der Waals surface area contributed by atoms with E-state index in [9.17, 15) is 5.11 Å². The Morgan fingerprint density at radius 2 is 2.00 bits per heavy atom. The molecule has 0 aliphatic heterocycles. The van der Waals surface area contributed by atoms with Crippen molar-refractivity contribution in [2.75, 3.05) is 5.73 Å². The van der Waals surface area contributed by atoms with Crippen LogP contribution in [0.5, 0.6) is 0 Å². The van der Waals surface area contributed by atoms with Crippen molar-refractivity contribution in [3.05, 3.63) is 23.9 Å². The molecule has 1 aliphatic rings. The minimum Gasteiger partial charge on any atom is -0.390 e. The first-order valence-electron chi connectivity index (χ1n) is 7.21. The zero-order valence-electron chi connectivity index (χ0n) is 12.3. The van der Waals surface area contributed by atoms with Gasteiger partial charge in [-0.1, -0.05) is 20.8 Å². The number of nitrogen functional groups attached to an aromatic ring is 1. The molecule has 106 valence electrons. The zero-order chi connectivity index (χ0) is 14.1. The molecule has 0 saturated heterocycles. The van der Waals surface area contributed by atoms with E-state index in [4.69, 9.17) is 5.73 Å². The second-order valence-electron chi connectivity index (χ2n) is 7.13. The lowest BCUT2D eigenvalue weighted by Crippen LogP contribution is -2.39. The van der Waals surface area contributed by atoms with Gasteiger partial charge in [-0.15, -0.1) is 0 Å². The minimum atomic E-state index is -0.560. The van der Waals surface area contributed by atoms with E-state index in [1.165, 1.54) is 0 Å². The van der Waals surface area contributed by atoms with Crippen LogP contribution < -0.4 is 5.73 Å². The van der Waals surface area contributed by atoms with Crippen LogP contribution in [0.15, 0.2) is 18.3 Å². The van der Waals surface area contributed by atoms with Gasteiger partial charge in [0.25, 0.3) is 0 Å². The maximum absolute atomic E-state index is 10.7. The molecule has 0 unspecified atom stereocenters. The molecule has 0 radical (unpaired) electrons. The molecule has 3 nitrogen and oxygen atoms in total. The van der Waals surface area contributed by atoms with Crippen molar-refractivity contribution in [3.8, 4) is 0 Å². The first kappa shape index (κ1) is 14.3. The zero-order valence-corrected chi connectivity index (χ0v) is 12.3. The van der Waals surface area contributed by atoms with E-state index in [1.807, 2.05) is 12.1 Å². The molecule has 1 heterocycles. The van der Waals surface area contributed by atoms with Crippen LogP contribution >= 0.6 is 0 Å². The molecule has 2 rings (SSSR count). The smallest absolute Gasteiger partial charge is 0.123 e. The van der Waals surface area contributed by atoms with Crippen LogP contribution in [-0.4, -0.2) is 15.7 Å². The molecule has 1 aliphatic carbocycles. The summed E-state index contributed by atoms with van der Waals surface area (Å²) in [4.78, 5) is 4.00. The molecule has 1 aromatic heterocycles. The van der Waals surface area contributed by atoms with E-state index in [-0.39, 0.29) is 0 Å². The molecule has 0 bridgehead atoms. The highest BCUT2D eigenvalue weighted by Gasteiger charge is 2.37. The van der Waals surface area contributed by atoms with Gasteiger partial charge in [-0.05, 0) is 54.7 Å². The van der Waals surface area contributed by atoms with Gasteiger partial charge in [0, 0.05) is 12.6 Å². The monoisotopic (exact) mass is 262 g/mol. The Labute approximate surface area is 116 Å². The maximum atomic E-state index is 10.7. The second kappa shape index (κ2) is 5.12. The number of aliphatic hydroxyl groups is 1. The first-order chi connectivity index (χ1) is 8.78. The molecule has 0 aromatic carbocycles. The van der Waals surface area contributed by atoms with Crippen LogP contribution in [0.4, 0.5) is 5.82 Å². The van der Waals surface area contributed by atoms with E-state index >= 15 is 0 Å². The normalized spacial score (nSPS) is 28.3. The highest BCUT2D eigenvalue weighted by Crippen LogP contribution is 2.42. The lowest BCUT2D eigenvalue weighted by Gasteiger charge is -2.41. The third kappa shape index (κ3) is 3.69. The number of hydrogen-bond donors (Lipinski definition) is 2. The first-order valence-corrected chi connectivity index (χ1v) is 7.21. The fourth-order valence-electron chi connectivity index (χ4n) is 3.18. The number of hydrogen-bond acceptors (Lipinski definition) is 3. The Bertz CT molecular complexity index is 429. The van der Waals surface area contributed by atoms with E-state index in [0.717, 1.165) is 37.2 Å². The second-order valence-corrected chi connectivity index (χ2v) is 7.13. The van der Waals surface area contributed by atoms with Crippen LogP contribution in [0.1, 0.15) is 52.0 Å². The van der Waals surface area contributed by atoms with Gasteiger partial charge in [0.2, 0.25) is 0 Å². The summed E-state index contributed by atoms with van der Waals surface area (Å²) >= 11 is 0. The van der Waals surface area contributed by atoms with Gasteiger partial charge in [-0.2, -0.15) is 0 Å². The molecule has 0 spiro atoms. The lowest BCUT2D eigenvalue weighted by atomic mass is 9.67.